The zero-order valence-electron chi connectivity index (χ0n) is 37.8. The second-order valence-corrected chi connectivity index (χ2v) is 17.3. The summed E-state index contributed by atoms with van der Waals surface area (Å²) < 4.78 is 33.6. The number of carbonyl (C=O) groups is 1. The van der Waals surface area contributed by atoms with E-state index in [1.165, 1.54) is 96.5 Å². The molecule has 1 amide bonds. The number of carbonyl (C=O) groups excluding carboxylic acids is 1. The maximum absolute atomic E-state index is 12.0. The van der Waals surface area contributed by atoms with Crippen molar-refractivity contribution >= 4 is 5.91 Å². The van der Waals surface area contributed by atoms with Gasteiger partial charge in [0, 0.05) is 6.92 Å². The Kier molecular flexibility index (Phi) is 27.7. The second-order valence-electron chi connectivity index (χ2n) is 17.3. The van der Waals surface area contributed by atoms with Gasteiger partial charge in [0.25, 0.3) is 0 Å². The van der Waals surface area contributed by atoms with E-state index in [9.17, 15) is 61.0 Å². The minimum atomic E-state index is -1.97. The summed E-state index contributed by atoms with van der Waals surface area (Å²) in [5, 5.41) is 118. The molecule has 3 heterocycles. The van der Waals surface area contributed by atoms with Crippen LogP contribution in [0.1, 0.15) is 123 Å². The normalized spacial score (nSPS) is 34.7. The topological polar surface area (TPSA) is 307 Å². The van der Waals surface area contributed by atoms with Crippen LogP contribution in [0.2, 0.25) is 0 Å². The molecule has 0 saturated carbocycles. The van der Waals surface area contributed by atoms with Crippen LogP contribution in [0.4, 0.5) is 0 Å². The molecule has 3 fully saturated rings. The van der Waals surface area contributed by atoms with Crippen LogP contribution in [0.3, 0.4) is 0 Å². The monoisotopic (exact) mass is 924 g/mol. The third-order valence-corrected chi connectivity index (χ3v) is 12.0. The van der Waals surface area contributed by atoms with Gasteiger partial charge in [-0.2, -0.15) is 0 Å². The fourth-order valence-electron chi connectivity index (χ4n) is 8.12. The molecule has 374 valence electrons. The average molecular weight is 924 g/mol. The van der Waals surface area contributed by atoms with E-state index in [1.807, 2.05) is 0 Å². The van der Waals surface area contributed by atoms with Gasteiger partial charge in [-0.15, -0.1) is 0 Å². The van der Waals surface area contributed by atoms with Crippen molar-refractivity contribution in [3.05, 3.63) is 24.3 Å². The maximum Gasteiger partial charge on any atom is 0.217 e. The minimum Gasteiger partial charge on any atom is -0.394 e. The van der Waals surface area contributed by atoms with E-state index in [1.54, 1.807) is 6.08 Å². The Hall–Kier alpha value is -1.73. The molecule has 17 unspecified atom stereocenters. The van der Waals surface area contributed by atoms with Crippen LogP contribution in [0.25, 0.3) is 0 Å². The summed E-state index contributed by atoms with van der Waals surface area (Å²) in [6.45, 7) is 0.703. The van der Waals surface area contributed by atoms with Crippen molar-refractivity contribution in [1.82, 2.24) is 5.32 Å². The SMILES string of the molecule is CCCCCCCCCCCCCCCC/C=C/CC/C=C/C(O)C(COC1OC(CO)C(OC2OC(CO)C(OC3OC(CO)C(O)C(O)C3O)C(O)C2O)C(O)C1O)NC(C)=O. The van der Waals surface area contributed by atoms with Crippen LogP contribution in [-0.2, 0) is 33.2 Å². The van der Waals surface area contributed by atoms with Gasteiger partial charge in [0.1, 0.15) is 73.2 Å². The predicted molar refractivity (Wildman–Crippen MR) is 231 cm³/mol. The number of hydrogen-bond acceptors (Lipinski definition) is 18. The van der Waals surface area contributed by atoms with Crippen molar-refractivity contribution in [2.75, 3.05) is 26.4 Å². The smallest absolute Gasteiger partial charge is 0.217 e. The van der Waals surface area contributed by atoms with Gasteiger partial charge in [-0.1, -0.05) is 115 Å². The summed E-state index contributed by atoms with van der Waals surface area (Å²) in [7, 11) is 0. The maximum atomic E-state index is 12.0. The first kappa shape index (κ1) is 56.6. The highest BCUT2D eigenvalue weighted by molar-refractivity contribution is 5.73. The summed E-state index contributed by atoms with van der Waals surface area (Å²) in [5.41, 5.74) is 0. The lowest BCUT2D eigenvalue weighted by Gasteiger charge is -2.48. The van der Waals surface area contributed by atoms with Crippen LogP contribution < -0.4 is 5.32 Å². The van der Waals surface area contributed by atoms with Crippen LogP contribution in [0.15, 0.2) is 24.3 Å². The van der Waals surface area contributed by atoms with Gasteiger partial charge >= 0.3 is 0 Å². The van der Waals surface area contributed by atoms with Crippen molar-refractivity contribution < 1.29 is 89.4 Å². The third kappa shape index (κ3) is 18.4. The molecule has 0 bridgehead atoms. The Morgan fingerprint density at radius 3 is 1.47 bits per heavy atom. The molecule has 3 saturated heterocycles. The molecule has 19 nitrogen and oxygen atoms in total. The molecular formula is C45H81NO18. The van der Waals surface area contributed by atoms with E-state index in [2.05, 4.69) is 24.4 Å². The highest BCUT2D eigenvalue weighted by atomic mass is 16.8. The molecule has 3 aliphatic rings. The van der Waals surface area contributed by atoms with Crippen molar-refractivity contribution in [3.63, 3.8) is 0 Å². The summed E-state index contributed by atoms with van der Waals surface area (Å²) >= 11 is 0. The van der Waals surface area contributed by atoms with Crippen molar-refractivity contribution in [2.24, 2.45) is 0 Å². The Labute approximate surface area is 378 Å². The number of nitrogens with one attached hydrogen (secondary N) is 1. The van der Waals surface area contributed by atoms with Crippen molar-refractivity contribution in [2.45, 2.75) is 227 Å². The molecule has 64 heavy (non-hydrogen) atoms. The largest absolute Gasteiger partial charge is 0.394 e. The van der Waals surface area contributed by atoms with Gasteiger partial charge in [-0.05, 0) is 25.7 Å². The minimum absolute atomic E-state index is 0.382. The molecule has 12 N–H and O–H groups in total. The molecule has 19 heteroatoms. The first-order chi connectivity index (χ1) is 30.8. The van der Waals surface area contributed by atoms with Gasteiger partial charge in [0.05, 0.1) is 38.6 Å². The second kappa shape index (κ2) is 31.3. The summed E-state index contributed by atoms with van der Waals surface area (Å²) in [5.74, 6) is -0.463. The Bertz CT molecular complexity index is 1290. The quantitative estimate of drug-likeness (QED) is 0.0324. The van der Waals surface area contributed by atoms with Crippen LogP contribution in [0.5, 0.6) is 0 Å². The molecule has 0 aromatic carbocycles. The van der Waals surface area contributed by atoms with E-state index < -0.39 is 130 Å². The fraction of sp³-hybridized carbons (Fsp3) is 0.889. The van der Waals surface area contributed by atoms with Gasteiger partial charge in [0.2, 0.25) is 5.91 Å². The lowest BCUT2D eigenvalue weighted by molar-refractivity contribution is -0.379. The summed E-state index contributed by atoms with van der Waals surface area (Å²) in [6.07, 6.45) is 1.79. The summed E-state index contributed by atoms with van der Waals surface area (Å²) in [6, 6.07) is -0.986. The molecule has 0 radical (unpaired) electrons. The van der Waals surface area contributed by atoms with Gasteiger partial charge < -0.3 is 89.9 Å². The van der Waals surface area contributed by atoms with E-state index in [0.717, 1.165) is 19.3 Å². The van der Waals surface area contributed by atoms with Crippen LogP contribution >= 0.6 is 0 Å². The number of aliphatic hydroxyl groups is 11. The number of ether oxygens (including phenoxy) is 6. The molecule has 0 aromatic rings. The lowest BCUT2D eigenvalue weighted by atomic mass is 9.96. The van der Waals surface area contributed by atoms with E-state index in [-0.39, 0.29) is 6.61 Å². The molecule has 0 spiro atoms. The first-order valence-electron chi connectivity index (χ1n) is 23.5. The molecule has 0 aliphatic carbocycles. The molecule has 17 atom stereocenters. The van der Waals surface area contributed by atoms with E-state index in [4.69, 9.17) is 28.4 Å². The van der Waals surface area contributed by atoms with Gasteiger partial charge in [-0.3, -0.25) is 4.79 Å². The Morgan fingerprint density at radius 1 is 0.547 bits per heavy atom. The number of aliphatic hydroxyl groups excluding tert-OH is 11. The van der Waals surface area contributed by atoms with Crippen LogP contribution in [0, 0.1) is 0 Å². The van der Waals surface area contributed by atoms with E-state index >= 15 is 0 Å². The zero-order valence-corrected chi connectivity index (χ0v) is 37.8. The fourth-order valence-corrected chi connectivity index (χ4v) is 8.12. The van der Waals surface area contributed by atoms with E-state index in [0.29, 0.717) is 6.42 Å². The summed E-state index contributed by atoms with van der Waals surface area (Å²) in [4.78, 5) is 12.0. The predicted octanol–water partition coefficient (Wildman–Crippen LogP) is 0.0809. The lowest BCUT2D eigenvalue weighted by Crippen LogP contribution is -2.66. The van der Waals surface area contributed by atoms with Gasteiger partial charge in [-0.25, -0.2) is 0 Å². The molecular weight excluding hydrogens is 842 g/mol. The Morgan fingerprint density at radius 2 is 0.969 bits per heavy atom. The molecule has 3 aliphatic heterocycles. The number of unbranched alkanes of at least 4 members (excludes halogenated alkanes) is 15. The zero-order chi connectivity index (χ0) is 47.0. The van der Waals surface area contributed by atoms with Crippen molar-refractivity contribution in [3.8, 4) is 0 Å². The van der Waals surface area contributed by atoms with Gasteiger partial charge in [0.15, 0.2) is 18.9 Å². The van der Waals surface area contributed by atoms with Crippen LogP contribution in [-0.4, -0.2) is 193 Å². The van der Waals surface area contributed by atoms with Crippen molar-refractivity contribution in [1.29, 1.82) is 0 Å². The first-order valence-corrected chi connectivity index (χ1v) is 23.5. The third-order valence-electron chi connectivity index (χ3n) is 12.0. The number of rotatable bonds is 31. The average Bonchev–Trinajstić information content (AvgIpc) is 3.28. The standard InChI is InChI=1S/C45H81NO18/c1-3-4-5-6-7-8-9-10-11-12-13-14-15-16-17-18-19-20-21-22-23-30(51)29(46-28(2)50)27-59-43-39(57)36(54)41(32(25-48)61-43)64-45-40(58)37(55)42(33(26-49)62-45)63-44-38(56)35(53)34(52)31(24-47)60-44/h18-19,22-23,29-45,47-49,51-58H,3-17,20-21,24-27H2,1-2H3,(H,46,50)/b19-18+,23-22+. The number of allylic oxidation sites excluding steroid dienone is 3. The highest BCUT2D eigenvalue weighted by Gasteiger charge is 2.53. The number of amides is 1. The molecule has 3 rings (SSSR count). The highest BCUT2D eigenvalue weighted by Crippen LogP contribution is 2.33. The number of hydrogen-bond donors (Lipinski definition) is 12. The Balaban J connectivity index is 1.41. The molecule has 0 aromatic heterocycles.